The first-order valence-corrected chi connectivity index (χ1v) is 4.58. The second kappa shape index (κ2) is 3.96. The molecule has 0 aliphatic rings. The highest BCUT2D eigenvalue weighted by molar-refractivity contribution is 5.64. The van der Waals surface area contributed by atoms with Gasteiger partial charge in [-0.1, -0.05) is 18.2 Å². The lowest BCUT2D eigenvalue weighted by atomic mass is 10.0. The number of aromatic nitrogens is 1. The van der Waals surface area contributed by atoms with Crippen LogP contribution in [0.15, 0.2) is 42.6 Å². The molecule has 0 bridgehead atoms. The lowest BCUT2D eigenvalue weighted by Gasteiger charge is -2.11. The number of hydrogen-bond acceptors (Lipinski definition) is 1. The van der Waals surface area contributed by atoms with Gasteiger partial charge in [0.1, 0.15) is 0 Å². The van der Waals surface area contributed by atoms with Gasteiger partial charge in [-0.2, -0.15) is 13.2 Å². The van der Waals surface area contributed by atoms with Crippen LogP contribution < -0.4 is 0 Å². The molecule has 16 heavy (non-hydrogen) atoms. The third-order valence-corrected chi connectivity index (χ3v) is 2.11. The molecule has 0 N–H and O–H groups in total. The highest BCUT2D eigenvalue weighted by Crippen LogP contribution is 2.35. The van der Waals surface area contributed by atoms with Gasteiger partial charge in [0.15, 0.2) is 0 Å². The summed E-state index contributed by atoms with van der Waals surface area (Å²) in [6, 6.07) is 11.0. The number of halogens is 3. The Labute approximate surface area is 90.6 Å². The first-order chi connectivity index (χ1) is 7.59. The Kier molecular flexibility index (Phi) is 2.64. The standard InChI is InChI=1S/C12H7F3N/c13-12(14,15)10-6-2-1-5-9(10)11-7-3-4-8-16-11/h1,3-8H. The molecule has 1 heterocycles. The van der Waals surface area contributed by atoms with E-state index >= 15 is 0 Å². The Morgan fingerprint density at radius 3 is 2.56 bits per heavy atom. The minimum Gasteiger partial charge on any atom is -0.256 e. The van der Waals surface area contributed by atoms with Crippen molar-refractivity contribution in [1.82, 2.24) is 4.98 Å². The number of rotatable bonds is 1. The average Bonchev–Trinajstić information content (AvgIpc) is 2.29. The predicted molar refractivity (Wildman–Crippen MR) is 53.5 cm³/mol. The van der Waals surface area contributed by atoms with Gasteiger partial charge in [0.05, 0.1) is 11.3 Å². The van der Waals surface area contributed by atoms with E-state index in [2.05, 4.69) is 11.1 Å². The summed E-state index contributed by atoms with van der Waals surface area (Å²) in [5.41, 5.74) is -0.329. The molecule has 1 radical (unpaired) electrons. The van der Waals surface area contributed by atoms with Crippen molar-refractivity contribution in [3.05, 3.63) is 54.2 Å². The van der Waals surface area contributed by atoms with E-state index < -0.39 is 11.7 Å². The number of alkyl halides is 3. The monoisotopic (exact) mass is 222 g/mol. The van der Waals surface area contributed by atoms with Crippen molar-refractivity contribution >= 4 is 0 Å². The largest absolute Gasteiger partial charge is 0.417 e. The molecular formula is C12H7F3N. The zero-order chi connectivity index (χ0) is 11.6. The highest BCUT2D eigenvalue weighted by Gasteiger charge is 2.33. The van der Waals surface area contributed by atoms with Crippen LogP contribution in [0.25, 0.3) is 11.3 Å². The minimum atomic E-state index is -4.38. The normalized spacial score (nSPS) is 11.4. The summed E-state index contributed by atoms with van der Waals surface area (Å²) in [6.07, 6.45) is -2.92. The molecule has 2 aromatic rings. The Morgan fingerprint density at radius 2 is 1.94 bits per heavy atom. The topological polar surface area (TPSA) is 12.9 Å². The van der Waals surface area contributed by atoms with E-state index in [9.17, 15) is 13.2 Å². The van der Waals surface area contributed by atoms with Crippen LogP contribution in [-0.4, -0.2) is 4.98 Å². The second-order valence-corrected chi connectivity index (χ2v) is 3.18. The fourth-order valence-corrected chi connectivity index (χ4v) is 1.41. The van der Waals surface area contributed by atoms with Gasteiger partial charge in [-0.3, -0.25) is 4.98 Å². The van der Waals surface area contributed by atoms with Gasteiger partial charge in [-0.05, 0) is 24.3 Å². The summed E-state index contributed by atoms with van der Waals surface area (Å²) in [4.78, 5) is 3.91. The maximum Gasteiger partial charge on any atom is 0.417 e. The molecule has 0 unspecified atom stereocenters. The van der Waals surface area contributed by atoms with Crippen LogP contribution in [0.5, 0.6) is 0 Å². The third-order valence-electron chi connectivity index (χ3n) is 2.11. The van der Waals surface area contributed by atoms with Gasteiger partial charge in [0.25, 0.3) is 0 Å². The van der Waals surface area contributed by atoms with Crippen molar-refractivity contribution in [3.8, 4) is 11.3 Å². The summed E-state index contributed by atoms with van der Waals surface area (Å²) in [5.74, 6) is 0. The number of benzene rings is 1. The molecular weight excluding hydrogens is 215 g/mol. The molecule has 0 aliphatic carbocycles. The molecule has 1 aromatic carbocycles. The predicted octanol–water partition coefficient (Wildman–Crippen LogP) is 3.57. The molecule has 1 nitrogen and oxygen atoms in total. The zero-order valence-corrected chi connectivity index (χ0v) is 8.12. The molecule has 0 fully saturated rings. The van der Waals surface area contributed by atoms with Crippen LogP contribution in [-0.2, 0) is 6.18 Å². The van der Waals surface area contributed by atoms with Crippen LogP contribution in [0.4, 0.5) is 13.2 Å². The maximum atomic E-state index is 12.7. The van der Waals surface area contributed by atoms with Crippen LogP contribution in [0.2, 0.25) is 0 Å². The SMILES string of the molecule is FC(F)(F)c1c[c]ccc1-c1ccccn1. The van der Waals surface area contributed by atoms with Crippen molar-refractivity contribution in [3.63, 3.8) is 0 Å². The van der Waals surface area contributed by atoms with Gasteiger partial charge in [-0.15, -0.1) is 0 Å². The zero-order valence-electron chi connectivity index (χ0n) is 8.12. The van der Waals surface area contributed by atoms with E-state index in [1.807, 2.05) is 0 Å². The van der Waals surface area contributed by atoms with Crippen molar-refractivity contribution in [1.29, 1.82) is 0 Å². The maximum absolute atomic E-state index is 12.7. The average molecular weight is 222 g/mol. The lowest BCUT2D eigenvalue weighted by Crippen LogP contribution is -2.07. The van der Waals surface area contributed by atoms with Gasteiger partial charge in [0.2, 0.25) is 0 Å². The number of hydrogen-bond donors (Lipinski definition) is 0. The quantitative estimate of drug-likeness (QED) is 0.718. The lowest BCUT2D eigenvalue weighted by molar-refractivity contribution is -0.137. The molecule has 0 aliphatic heterocycles. The smallest absolute Gasteiger partial charge is 0.256 e. The van der Waals surface area contributed by atoms with Gasteiger partial charge < -0.3 is 0 Å². The first-order valence-electron chi connectivity index (χ1n) is 4.58. The van der Waals surface area contributed by atoms with Gasteiger partial charge in [-0.25, -0.2) is 0 Å². The molecule has 0 amide bonds. The summed E-state index contributed by atoms with van der Waals surface area (Å²) >= 11 is 0. The van der Waals surface area contributed by atoms with E-state index in [0.29, 0.717) is 5.69 Å². The summed E-state index contributed by atoms with van der Waals surface area (Å²) in [5, 5.41) is 0. The summed E-state index contributed by atoms with van der Waals surface area (Å²) < 4.78 is 38.1. The van der Waals surface area contributed by atoms with Crippen molar-refractivity contribution in [2.75, 3.05) is 0 Å². The van der Waals surface area contributed by atoms with E-state index in [-0.39, 0.29) is 5.56 Å². The molecule has 2 rings (SSSR count). The highest BCUT2D eigenvalue weighted by atomic mass is 19.4. The summed E-state index contributed by atoms with van der Waals surface area (Å²) in [7, 11) is 0. The summed E-state index contributed by atoms with van der Waals surface area (Å²) in [6.45, 7) is 0. The van der Waals surface area contributed by atoms with Gasteiger partial charge in [0, 0.05) is 11.8 Å². The van der Waals surface area contributed by atoms with Gasteiger partial charge >= 0.3 is 6.18 Å². The van der Waals surface area contributed by atoms with E-state index in [4.69, 9.17) is 0 Å². The fourth-order valence-electron chi connectivity index (χ4n) is 1.41. The van der Waals surface area contributed by atoms with Crippen LogP contribution in [0.3, 0.4) is 0 Å². The molecule has 4 heteroatoms. The first kappa shape index (κ1) is 10.7. The molecule has 0 spiro atoms. The molecule has 0 saturated heterocycles. The van der Waals surface area contributed by atoms with Crippen molar-refractivity contribution in [2.24, 2.45) is 0 Å². The minimum absolute atomic E-state index is 0.0758. The van der Waals surface area contributed by atoms with Crippen LogP contribution >= 0.6 is 0 Å². The second-order valence-electron chi connectivity index (χ2n) is 3.18. The Hall–Kier alpha value is -1.84. The molecule has 0 atom stereocenters. The van der Waals surface area contributed by atoms with Crippen molar-refractivity contribution < 1.29 is 13.2 Å². The van der Waals surface area contributed by atoms with Crippen LogP contribution in [0.1, 0.15) is 5.56 Å². The fraction of sp³-hybridized carbons (Fsp3) is 0.0833. The Bertz CT molecular complexity index is 477. The Morgan fingerprint density at radius 1 is 1.12 bits per heavy atom. The van der Waals surface area contributed by atoms with E-state index in [0.717, 1.165) is 6.07 Å². The third kappa shape index (κ3) is 2.05. The number of pyridine rings is 1. The van der Waals surface area contributed by atoms with Crippen molar-refractivity contribution in [2.45, 2.75) is 6.18 Å². The molecule has 1 aromatic heterocycles. The van der Waals surface area contributed by atoms with E-state index in [1.165, 1.54) is 18.3 Å². The Balaban J connectivity index is 2.58. The van der Waals surface area contributed by atoms with Crippen LogP contribution in [0, 0.1) is 6.07 Å². The molecule has 0 saturated carbocycles. The molecule has 81 valence electrons. The van der Waals surface area contributed by atoms with E-state index in [1.54, 1.807) is 18.2 Å². The number of nitrogens with zero attached hydrogens (tertiary/aromatic N) is 1.